The summed E-state index contributed by atoms with van der Waals surface area (Å²) >= 11 is 0. The highest BCUT2D eigenvalue weighted by atomic mass is 16.4. The summed E-state index contributed by atoms with van der Waals surface area (Å²) in [5.41, 5.74) is 0.289. The van der Waals surface area contributed by atoms with Gasteiger partial charge in [0, 0.05) is 26.2 Å². The molecule has 1 saturated heterocycles. The normalized spacial score (nSPS) is 18.4. The van der Waals surface area contributed by atoms with Crippen molar-refractivity contribution in [1.29, 1.82) is 0 Å². The minimum absolute atomic E-state index is 0.0158. The first-order valence-corrected chi connectivity index (χ1v) is 7.93. The molecule has 0 saturated carbocycles. The van der Waals surface area contributed by atoms with E-state index in [0.717, 1.165) is 25.9 Å². The summed E-state index contributed by atoms with van der Waals surface area (Å²) in [6, 6.07) is -0.0158. The molecular weight excluding hydrogens is 268 g/mol. The summed E-state index contributed by atoms with van der Waals surface area (Å²) < 4.78 is 0. The molecule has 0 spiro atoms. The van der Waals surface area contributed by atoms with Gasteiger partial charge in [-0.1, -0.05) is 27.7 Å². The molecule has 0 aliphatic carbocycles. The summed E-state index contributed by atoms with van der Waals surface area (Å²) in [4.78, 5) is 27.0. The molecule has 1 atom stereocenters. The number of nitrogens with zero attached hydrogens (tertiary/aromatic N) is 2. The molecule has 0 aromatic rings. The van der Waals surface area contributed by atoms with Crippen molar-refractivity contribution in [2.45, 2.75) is 47.5 Å². The Morgan fingerprint density at radius 2 is 1.81 bits per heavy atom. The summed E-state index contributed by atoms with van der Waals surface area (Å²) in [5.74, 6) is -0.733. The first-order chi connectivity index (χ1) is 9.66. The van der Waals surface area contributed by atoms with Crippen LogP contribution in [0.2, 0.25) is 0 Å². The Morgan fingerprint density at radius 3 is 2.19 bits per heavy atom. The van der Waals surface area contributed by atoms with Crippen molar-refractivity contribution in [2.75, 3.05) is 26.2 Å². The van der Waals surface area contributed by atoms with E-state index in [1.165, 1.54) is 0 Å². The van der Waals surface area contributed by atoms with Crippen LogP contribution in [0.5, 0.6) is 0 Å². The quantitative estimate of drug-likeness (QED) is 0.868. The van der Waals surface area contributed by atoms with E-state index in [-0.39, 0.29) is 18.0 Å². The lowest BCUT2D eigenvalue weighted by Gasteiger charge is -2.40. The van der Waals surface area contributed by atoms with Crippen LogP contribution in [0.3, 0.4) is 0 Å². The van der Waals surface area contributed by atoms with Gasteiger partial charge in [-0.05, 0) is 31.1 Å². The van der Waals surface area contributed by atoms with E-state index in [0.29, 0.717) is 12.5 Å². The molecule has 1 N–H and O–H groups in total. The number of rotatable bonds is 4. The highest BCUT2D eigenvalue weighted by molar-refractivity contribution is 5.76. The minimum atomic E-state index is -0.854. The van der Waals surface area contributed by atoms with E-state index >= 15 is 0 Å². The van der Waals surface area contributed by atoms with Crippen molar-refractivity contribution < 1.29 is 14.7 Å². The Hall–Kier alpha value is -1.26. The van der Waals surface area contributed by atoms with Crippen molar-refractivity contribution in [3.63, 3.8) is 0 Å². The lowest BCUT2D eigenvalue weighted by Crippen LogP contribution is -2.49. The fourth-order valence-electron chi connectivity index (χ4n) is 2.89. The van der Waals surface area contributed by atoms with Gasteiger partial charge in [0.25, 0.3) is 0 Å². The first-order valence-electron chi connectivity index (χ1n) is 7.93. The Morgan fingerprint density at radius 1 is 1.29 bits per heavy atom. The molecule has 1 heterocycles. The van der Waals surface area contributed by atoms with E-state index < -0.39 is 11.9 Å². The fourth-order valence-corrected chi connectivity index (χ4v) is 2.89. The van der Waals surface area contributed by atoms with E-state index in [1.807, 2.05) is 11.8 Å². The van der Waals surface area contributed by atoms with Gasteiger partial charge in [0.1, 0.15) is 0 Å². The topological polar surface area (TPSA) is 60.9 Å². The number of carbonyl (C=O) groups excluding carboxylic acids is 1. The fraction of sp³-hybridized carbons (Fsp3) is 0.875. The number of amides is 2. The van der Waals surface area contributed by atoms with Crippen molar-refractivity contribution in [2.24, 2.45) is 17.3 Å². The Kier molecular flexibility index (Phi) is 6.05. The summed E-state index contributed by atoms with van der Waals surface area (Å²) in [6.45, 7) is 12.7. The van der Waals surface area contributed by atoms with Crippen molar-refractivity contribution in [3.8, 4) is 0 Å². The van der Waals surface area contributed by atoms with E-state index in [1.54, 1.807) is 11.8 Å². The molecule has 0 aromatic carbocycles. The van der Waals surface area contributed by atoms with Gasteiger partial charge < -0.3 is 14.9 Å². The molecule has 1 rings (SSSR count). The predicted molar refractivity (Wildman–Crippen MR) is 83.2 cm³/mol. The van der Waals surface area contributed by atoms with Gasteiger partial charge in [-0.25, -0.2) is 4.79 Å². The van der Waals surface area contributed by atoms with Gasteiger partial charge in [-0.3, -0.25) is 4.79 Å². The van der Waals surface area contributed by atoms with Crippen LogP contribution in [-0.4, -0.2) is 53.1 Å². The standard InChI is InChI=1S/C16H30N2O3/c1-6-17(11-12(2)14(19)20)15(21)18-9-7-13(8-10-18)16(3,4)5/h12-13H,6-11H2,1-5H3,(H,19,20). The van der Waals surface area contributed by atoms with E-state index in [4.69, 9.17) is 5.11 Å². The molecular formula is C16H30N2O3. The van der Waals surface area contributed by atoms with Gasteiger partial charge in [0.2, 0.25) is 0 Å². The third-order valence-corrected chi connectivity index (χ3v) is 4.56. The number of piperidine rings is 1. The third-order valence-electron chi connectivity index (χ3n) is 4.56. The maximum atomic E-state index is 12.5. The van der Waals surface area contributed by atoms with Gasteiger partial charge in [0.15, 0.2) is 0 Å². The maximum Gasteiger partial charge on any atom is 0.320 e. The molecule has 1 aliphatic rings. The molecule has 1 fully saturated rings. The number of carbonyl (C=O) groups is 2. The average Bonchev–Trinajstić information content (AvgIpc) is 2.42. The lowest BCUT2D eigenvalue weighted by atomic mass is 9.75. The van der Waals surface area contributed by atoms with Crippen LogP contribution < -0.4 is 0 Å². The first kappa shape index (κ1) is 17.8. The number of hydrogen-bond donors (Lipinski definition) is 1. The van der Waals surface area contributed by atoms with Gasteiger partial charge in [0.05, 0.1) is 5.92 Å². The largest absolute Gasteiger partial charge is 0.481 e. The summed E-state index contributed by atoms with van der Waals surface area (Å²) in [5, 5.41) is 8.99. The smallest absolute Gasteiger partial charge is 0.320 e. The number of hydrogen-bond acceptors (Lipinski definition) is 2. The van der Waals surface area contributed by atoms with E-state index in [9.17, 15) is 9.59 Å². The predicted octanol–water partition coefficient (Wildman–Crippen LogP) is 2.91. The van der Waals surface area contributed by atoms with Crippen LogP contribution >= 0.6 is 0 Å². The molecule has 122 valence electrons. The number of carboxylic acid groups (broad SMARTS) is 1. The van der Waals surface area contributed by atoms with Crippen molar-refractivity contribution in [3.05, 3.63) is 0 Å². The van der Waals surface area contributed by atoms with Crippen molar-refractivity contribution in [1.82, 2.24) is 9.80 Å². The van der Waals surface area contributed by atoms with Crippen LogP contribution in [0.25, 0.3) is 0 Å². The maximum absolute atomic E-state index is 12.5. The highest BCUT2D eigenvalue weighted by Gasteiger charge is 2.32. The molecule has 1 unspecified atom stereocenters. The number of likely N-dealkylation sites (tertiary alicyclic amines) is 1. The van der Waals surface area contributed by atoms with Gasteiger partial charge >= 0.3 is 12.0 Å². The monoisotopic (exact) mass is 298 g/mol. The summed E-state index contributed by atoms with van der Waals surface area (Å²) in [6.07, 6.45) is 2.06. The number of urea groups is 1. The second-order valence-electron chi connectivity index (χ2n) is 7.19. The lowest BCUT2D eigenvalue weighted by molar-refractivity contribution is -0.141. The number of aliphatic carboxylic acids is 1. The van der Waals surface area contributed by atoms with Crippen LogP contribution in [0, 0.1) is 17.3 Å². The van der Waals surface area contributed by atoms with Gasteiger partial charge in [-0.15, -0.1) is 0 Å². The second kappa shape index (κ2) is 7.14. The molecule has 2 amide bonds. The zero-order valence-corrected chi connectivity index (χ0v) is 14.1. The molecule has 0 bridgehead atoms. The summed E-state index contributed by atoms with van der Waals surface area (Å²) in [7, 11) is 0. The Bertz CT molecular complexity index is 368. The van der Waals surface area contributed by atoms with Crippen LogP contribution in [-0.2, 0) is 4.79 Å². The highest BCUT2D eigenvalue weighted by Crippen LogP contribution is 2.34. The second-order valence-corrected chi connectivity index (χ2v) is 7.19. The Labute approximate surface area is 128 Å². The third kappa shape index (κ3) is 4.90. The average molecular weight is 298 g/mol. The molecule has 5 heteroatoms. The number of carboxylic acids is 1. The molecule has 5 nitrogen and oxygen atoms in total. The van der Waals surface area contributed by atoms with Crippen LogP contribution in [0.4, 0.5) is 4.79 Å². The minimum Gasteiger partial charge on any atom is -0.481 e. The van der Waals surface area contributed by atoms with Crippen LogP contribution in [0.1, 0.15) is 47.5 Å². The zero-order valence-electron chi connectivity index (χ0n) is 14.1. The molecule has 1 aliphatic heterocycles. The van der Waals surface area contributed by atoms with E-state index in [2.05, 4.69) is 20.8 Å². The molecule has 21 heavy (non-hydrogen) atoms. The molecule has 0 radical (unpaired) electrons. The zero-order chi connectivity index (χ0) is 16.2. The Balaban J connectivity index is 2.57. The van der Waals surface area contributed by atoms with Crippen molar-refractivity contribution >= 4 is 12.0 Å². The van der Waals surface area contributed by atoms with Gasteiger partial charge in [-0.2, -0.15) is 0 Å². The van der Waals surface area contributed by atoms with Crippen LogP contribution in [0.15, 0.2) is 0 Å². The molecule has 0 aromatic heterocycles. The SMILES string of the molecule is CCN(CC(C)C(=O)O)C(=O)N1CCC(C(C)(C)C)CC1.